The second-order valence-electron chi connectivity index (χ2n) is 6.46. The number of hydrogen-bond donors (Lipinski definition) is 0. The van der Waals surface area contributed by atoms with Crippen LogP contribution in [-0.4, -0.2) is 21.8 Å². The highest BCUT2D eigenvalue weighted by Crippen LogP contribution is 2.21. The molecule has 0 saturated heterocycles. The molecular formula is C14H20N2O2. The van der Waals surface area contributed by atoms with Crippen molar-refractivity contribution in [2.75, 3.05) is 0 Å². The summed E-state index contributed by atoms with van der Waals surface area (Å²) in [5.74, 6) is -0.158. The number of carbonyl (C=O) groups excluding carboxylic acids is 2. The molecule has 1 aromatic heterocycles. The predicted molar refractivity (Wildman–Crippen MR) is 69.6 cm³/mol. The molecule has 0 aromatic carbocycles. The third kappa shape index (κ3) is 3.22. The third-order valence-electron chi connectivity index (χ3n) is 2.49. The van der Waals surface area contributed by atoms with Crippen molar-refractivity contribution in [3.63, 3.8) is 0 Å². The average Bonchev–Trinajstić information content (AvgIpc) is 2.25. The van der Waals surface area contributed by atoms with Crippen LogP contribution < -0.4 is 0 Å². The van der Waals surface area contributed by atoms with Crippen LogP contribution in [0.2, 0.25) is 0 Å². The molecule has 0 bridgehead atoms. The van der Waals surface area contributed by atoms with Crippen molar-refractivity contribution in [3.05, 3.63) is 23.5 Å². The van der Waals surface area contributed by atoms with Crippen LogP contribution in [0.4, 0.5) is 0 Å². The molecule has 0 unspecified atom stereocenters. The molecule has 0 saturated carbocycles. The Hall–Kier alpha value is -1.58. The molecule has 0 atom stereocenters. The van der Waals surface area contributed by atoms with E-state index in [4.69, 9.17) is 0 Å². The Morgan fingerprint density at radius 2 is 1.06 bits per heavy atom. The van der Waals surface area contributed by atoms with Crippen LogP contribution in [0.5, 0.6) is 0 Å². The number of hydrogen-bond acceptors (Lipinski definition) is 4. The topological polar surface area (TPSA) is 59.9 Å². The number of ketones is 2. The van der Waals surface area contributed by atoms with Gasteiger partial charge in [0.15, 0.2) is 11.6 Å². The van der Waals surface area contributed by atoms with E-state index in [-0.39, 0.29) is 11.6 Å². The van der Waals surface area contributed by atoms with E-state index in [9.17, 15) is 9.59 Å². The summed E-state index contributed by atoms with van der Waals surface area (Å²) in [6, 6.07) is 3.14. The number of carbonyl (C=O) groups is 2. The van der Waals surface area contributed by atoms with Gasteiger partial charge in [0, 0.05) is 10.8 Å². The largest absolute Gasteiger partial charge is 0.292 e. The van der Waals surface area contributed by atoms with Crippen molar-refractivity contribution in [3.8, 4) is 0 Å². The fraction of sp³-hybridized carbons (Fsp3) is 0.571. The molecule has 98 valence electrons. The first kappa shape index (κ1) is 14.5. The molecule has 1 heterocycles. The second kappa shape index (κ2) is 4.59. The highest BCUT2D eigenvalue weighted by atomic mass is 16.1. The molecule has 0 fully saturated rings. The van der Waals surface area contributed by atoms with Gasteiger partial charge in [0.1, 0.15) is 11.4 Å². The van der Waals surface area contributed by atoms with Crippen molar-refractivity contribution < 1.29 is 9.59 Å². The Bertz CT molecular complexity index is 417. The van der Waals surface area contributed by atoms with Gasteiger partial charge in [0.2, 0.25) is 0 Å². The molecule has 0 spiro atoms. The van der Waals surface area contributed by atoms with E-state index >= 15 is 0 Å². The quantitative estimate of drug-likeness (QED) is 0.755. The van der Waals surface area contributed by atoms with Crippen molar-refractivity contribution in [2.24, 2.45) is 10.8 Å². The van der Waals surface area contributed by atoms with Crippen molar-refractivity contribution in [1.82, 2.24) is 10.2 Å². The smallest absolute Gasteiger partial charge is 0.188 e. The summed E-state index contributed by atoms with van der Waals surface area (Å²) >= 11 is 0. The van der Waals surface area contributed by atoms with Crippen LogP contribution in [0.25, 0.3) is 0 Å². The lowest BCUT2D eigenvalue weighted by atomic mass is 9.87. The fourth-order valence-electron chi connectivity index (χ4n) is 1.34. The zero-order valence-electron chi connectivity index (χ0n) is 11.9. The van der Waals surface area contributed by atoms with Crippen LogP contribution in [0.3, 0.4) is 0 Å². The lowest BCUT2D eigenvalue weighted by Crippen LogP contribution is -2.24. The molecule has 0 amide bonds. The fourth-order valence-corrected chi connectivity index (χ4v) is 1.34. The summed E-state index contributed by atoms with van der Waals surface area (Å²) < 4.78 is 0. The Morgan fingerprint density at radius 1 is 0.778 bits per heavy atom. The van der Waals surface area contributed by atoms with E-state index in [2.05, 4.69) is 10.2 Å². The van der Waals surface area contributed by atoms with E-state index in [0.29, 0.717) is 11.4 Å². The van der Waals surface area contributed by atoms with E-state index < -0.39 is 10.8 Å². The first-order chi connectivity index (χ1) is 8.03. The molecule has 4 heteroatoms. The molecule has 0 aliphatic rings. The summed E-state index contributed by atoms with van der Waals surface area (Å²) in [5, 5.41) is 7.72. The zero-order valence-corrected chi connectivity index (χ0v) is 11.9. The number of nitrogens with zero attached hydrogens (tertiary/aromatic N) is 2. The Labute approximate surface area is 108 Å². The monoisotopic (exact) mass is 248 g/mol. The van der Waals surface area contributed by atoms with Gasteiger partial charge >= 0.3 is 0 Å². The summed E-state index contributed by atoms with van der Waals surface area (Å²) in [4.78, 5) is 23.9. The highest BCUT2D eigenvalue weighted by molar-refractivity contribution is 6.00. The van der Waals surface area contributed by atoms with Gasteiger partial charge in [-0.25, -0.2) is 0 Å². The summed E-state index contributed by atoms with van der Waals surface area (Å²) in [7, 11) is 0. The van der Waals surface area contributed by atoms with Gasteiger partial charge in [0.05, 0.1) is 0 Å². The summed E-state index contributed by atoms with van der Waals surface area (Å²) in [6.07, 6.45) is 0. The minimum atomic E-state index is -0.496. The van der Waals surface area contributed by atoms with Gasteiger partial charge in [0.25, 0.3) is 0 Å². The lowest BCUT2D eigenvalue weighted by molar-refractivity contribution is 0.0837. The standard InChI is InChI=1S/C14H20N2O2/c1-13(2,3)11(17)9-7-8-10(16-15-9)12(18)14(4,5)6/h7-8H,1-6H3. The molecule has 0 aliphatic heterocycles. The predicted octanol–water partition coefficient (Wildman–Crippen LogP) is 2.93. The Morgan fingerprint density at radius 3 is 1.22 bits per heavy atom. The minimum absolute atomic E-state index is 0.0789. The van der Waals surface area contributed by atoms with Gasteiger partial charge < -0.3 is 0 Å². The number of rotatable bonds is 2. The van der Waals surface area contributed by atoms with E-state index in [0.717, 1.165) is 0 Å². The maximum Gasteiger partial charge on any atom is 0.188 e. The van der Waals surface area contributed by atoms with Gasteiger partial charge in [-0.05, 0) is 12.1 Å². The molecule has 1 aromatic rings. The normalized spacial score (nSPS) is 12.3. The summed E-state index contributed by atoms with van der Waals surface area (Å²) in [6.45, 7) is 10.9. The molecular weight excluding hydrogens is 228 g/mol. The van der Waals surface area contributed by atoms with Gasteiger partial charge in [-0.3, -0.25) is 9.59 Å². The minimum Gasteiger partial charge on any atom is -0.292 e. The molecule has 4 nitrogen and oxygen atoms in total. The molecule has 0 aliphatic carbocycles. The first-order valence-corrected chi connectivity index (χ1v) is 5.97. The Balaban J connectivity index is 3.01. The SMILES string of the molecule is CC(C)(C)C(=O)c1ccc(C(=O)C(C)(C)C)nn1. The van der Waals surface area contributed by atoms with Gasteiger partial charge in [-0.1, -0.05) is 41.5 Å². The lowest BCUT2D eigenvalue weighted by Gasteiger charge is -2.17. The maximum atomic E-state index is 12.0. The molecule has 0 radical (unpaired) electrons. The number of Topliss-reactive ketones (excluding diaryl/α,β-unsaturated/α-hetero) is 2. The highest BCUT2D eigenvalue weighted by Gasteiger charge is 2.27. The van der Waals surface area contributed by atoms with E-state index in [1.54, 1.807) is 12.1 Å². The van der Waals surface area contributed by atoms with Crippen molar-refractivity contribution in [1.29, 1.82) is 0 Å². The second-order valence-corrected chi connectivity index (χ2v) is 6.46. The van der Waals surface area contributed by atoms with Crippen LogP contribution in [0, 0.1) is 10.8 Å². The molecule has 1 rings (SSSR count). The van der Waals surface area contributed by atoms with Crippen molar-refractivity contribution in [2.45, 2.75) is 41.5 Å². The van der Waals surface area contributed by atoms with Crippen LogP contribution in [-0.2, 0) is 0 Å². The zero-order chi connectivity index (χ0) is 14.1. The van der Waals surface area contributed by atoms with Gasteiger partial charge in [-0.2, -0.15) is 0 Å². The van der Waals surface area contributed by atoms with Crippen LogP contribution in [0.1, 0.15) is 62.5 Å². The van der Waals surface area contributed by atoms with E-state index in [1.165, 1.54) is 0 Å². The average molecular weight is 248 g/mol. The van der Waals surface area contributed by atoms with Crippen LogP contribution >= 0.6 is 0 Å². The third-order valence-corrected chi connectivity index (χ3v) is 2.49. The maximum absolute atomic E-state index is 12.0. The Kier molecular flexibility index (Phi) is 3.70. The van der Waals surface area contributed by atoms with Crippen LogP contribution in [0.15, 0.2) is 12.1 Å². The molecule has 18 heavy (non-hydrogen) atoms. The summed E-state index contributed by atoms with van der Waals surface area (Å²) in [5.41, 5.74) is -0.394. The van der Waals surface area contributed by atoms with Gasteiger partial charge in [-0.15, -0.1) is 10.2 Å². The number of aromatic nitrogens is 2. The van der Waals surface area contributed by atoms with E-state index in [1.807, 2.05) is 41.5 Å². The molecule has 0 N–H and O–H groups in total. The first-order valence-electron chi connectivity index (χ1n) is 5.97. The van der Waals surface area contributed by atoms with Crippen molar-refractivity contribution >= 4 is 11.6 Å².